The van der Waals surface area contributed by atoms with Crippen LogP contribution in [-0.2, 0) is 0 Å². The first kappa shape index (κ1) is 11.7. The Hall–Kier alpha value is -1.33. The van der Waals surface area contributed by atoms with Gasteiger partial charge in [-0.15, -0.1) is 11.8 Å². The average molecular weight is 202 g/mol. The molecule has 1 atom stereocenters. The second kappa shape index (κ2) is 5.53. The van der Waals surface area contributed by atoms with Gasteiger partial charge in [-0.1, -0.05) is 6.07 Å². The predicted octanol–water partition coefficient (Wildman–Crippen LogP) is 2.37. The summed E-state index contributed by atoms with van der Waals surface area (Å²) in [7, 11) is 1.95. The molecule has 0 aromatic carbocycles. The first-order chi connectivity index (χ1) is 7.19. The van der Waals surface area contributed by atoms with E-state index in [1.807, 2.05) is 20.2 Å². The summed E-state index contributed by atoms with van der Waals surface area (Å²) in [6, 6.07) is 2.39. The van der Waals surface area contributed by atoms with Crippen molar-refractivity contribution >= 4 is 0 Å². The fraction of sp³-hybridized carbons (Fsp3) is 0.462. The van der Waals surface area contributed by atoms with Crippen LogP contribution in [0.3, 0.4) is 0 Å². The Morgan fingerprint density at radius 3 is 2.73 bits per heavy atom. The molecule has 1 unspecified atom stereocenters. The number of nitrogens with one attached hydrogen (secondary N) is 1. The zero-order valence-corrected chi connectivity index (χ0v) is 9.89. The second-order valence-electron chi connectivity index (χ2n) is 3.69. The summed E-state index contributed by atoms with van der Waals surface area (Å²) >= 11 is 0. The van der Waals surface area contributed by atoms with Crippen LogP contribution in [0.2, 0.25) is 0 Å². The molecule has 1 heterocycles. The molecule has 1 N–H and O–H groups in total. The van der Waals surface area contributed by atoms with E-state index in [0.29, 0.717) is 0 Å². The number of nitrogens with zero attached hydrogens (tertiary/aromatic N) is 1. The third-order valence-electron chi connectivity index (χ3n) is 2.42. The Morgan fingerprint density at radius 2 is 2.20 bits per heavy atom. The average Bonchev–Trinajstić information content (AvgIpc) is 2.21. The second-order valence-corrected chi connectivity index (χ2v) is 3.69. The van der Waals surface area contributed by atoms with Gasteiger partial charge in [0.2, 0.25) is 0 Å². The highest BCUT2D eigenvalue weighted by Crippen LogP contribution is 2.18. The van der Waals surface area contributed by atoms with Crippen LogP contribution in [0, 0.1) is 25.7 Å². The maximum absolute atomic E-state index is 4.47. The molecule has 0 radical (unpaired) electrons. The Morgan fingerprint density at radius 1 is 1.47 bits per heavy atom. The Balaban J connectivity index is 2.94. The summed E-state index contributed by atoms with van der Waals surface area (Å²) in [4.78, 5) is 4.47. The smallest absolute Gasteiger partial charge is 0.0612 e. The van der Waals surface area contributed by atoms with Crippen molar-refractivity contribution in [1.29, 1.82) is 0 Å². The lowest BCUT2D eigenvalue weighted by Gasteiger charge is -2.15. The molecule has 0 spiro atoms. The van der Waals surface area contributed by atoms with Gasteiger partial charge in [-0.25, -0.2) is 0 Å². The number of aryl methyl sites for hydroxylation is 2. The maximum atomic E-state index is 4.47. The molecule has 0 aliphatic heterocycles. The summed E-state index contributed by atoms with van der Waals surface area (Å²) in [6.07, 6.45) is 2.72. The van der Waals surface area contributed by atoms with Crippen LogP contribution in [0.15, 0.2) is 12.3 Å². The topological polar surface area (TPSA) is 24.9 Å². The Kier molecular flexibility index (Phi) is 4.33. The van der Waals surface area contributed by atoms with E-state index in [2.05, 4.69) is 42.1 Å². The van der Waals surface area contributed by atoms with Gasteiger partial charge in [-0.3, -0.25) is 4.98 Å². The molecule has 1 aromatic heterocycles. The van der Waals surface area contributed by atoms with Crippen LogP contribution in [0.5, 0.6) is 0 Å². The van der Waals surface area contributed by atoms with Crippen molar-refractivity contribution in [3.63, 3.8) is 0 Å². The minimum absolute atomic E-state index is 0.234. The molecule has 0 fully saturated rings. The molecule has 0 saturated carbocycles. The highest BCUT2D eigenvalue weighted by molar-refractivity contribution is 5.26. The first-order valence-corrected chi connectivity index (χ1v) is 5.19. The van der Waals surface area contributed by atoms with Crippen molar-refractivity contribution in [2.45, 2.75) is 33.2 Å². The van der Waals surface area contributed by atoms with Crippen LogP contribution in [0.4, 0.5) is 0 Å². The van der Waals surface area contributed by atoms with Crippen molar-refractivity contribution in [1.82, 2.24) is 10.3 Å². The summed E-state index contributed by atoms with van der Waals surface area (Å²) in [5.41, 5.74) is 3.53. The van der Waals surface area contributed by atoms with Gasteiger partial charge in [0.1, 0.15) is 0 Å². The van der Waals surface area contributed by atoms with Crippen molar-refractivity contribution in [2.24, 2.45) is 0 Å². The third-order valence-corrected chi connectivity index (χ3v) is 2.42. The van der Waals surface area contributed by atoms with Crippen molar-refractivity contribution in [2.75, 3.05) is 7.05 Å². The van der Waals surface area contributed by atoms with Gasteiger partial charge in [0.25, 0.3) is 0 Å². The lowest BCUT2D eigenvalue weighted by Crippen LogP contribution is -2.18. The molecule has 0 aliphatic rings. The standard InChI is InChI=1S/C13H18N2/c1-5-6-7-12(14-4)13-11(3)8-10(2)9-15-13/h8-9,12,14H,7H2,1-4H3. The third kappa shape index (κ3) is 3.07. The monoisotopic (exact) mass is 202 g/mol. The lowest BCUT2D eigenvalue weighted by atomic mass is 10.0. The summed E-state index contributed by atoms with van der Waals surface area (Å²) < 4.78 is 0. The highest BCUT2D eigenvalue weighted by atomic mass is 14.9. The molecule has 15 heavy (non-hydrogen) atoms. The van der Waals surface area contributed by atoms with Crippen molar-refractivity contribution < 1.29 is 0 Å². The molecule has 0 aliphatic carbocycles. The van der Waals surface area contributed by atoms with Gasteiger partial charge >= 0.3 is 0 Å². The van der Waals surface area contributed by atoms with E-state index in [9.17, 15) is 0 Å². The van der Waals surface area contributed by atoms with Gasteiger partial charge in [0.15, 0.2) is 0 Å². The summed E-state index contributed by atoms with van der Waals surface area (Å²) in [5.74, 6) is 6.00. The van der Waals surface area contributed by atoms with Gasteiger partial charge in [0.05, 0.1) is 11.7 Å². The molecule has 0 amide bonds. The van der Waals surface area contributed by atoms with Crippen LogP contribution < -0.4 is 5.32 Å². The highest BCUT2D eigenvalue weighted by Gasteiger charge is 2.11. The van der Waals surface area contributed by atoms with E-state index in [-0.39, 0.29) is 6.04 Å². The van der Waals surface area contributed by atoms with E-state index in [1.165, 1.54) is 11.1 Å². The molecule has 0 saturated heterocycles. The molecular weight excluding hydrogens is 184 g/mol. The fourth-order valence-electron chi connectivity index (χ4n) is 1.63. The van der Waals surface area contributed by atoms with E-state index >= 15 is 0 Å². The number of pyridine rings is 1. The SMILES string of the molecule is CC#CCC(NC)c1ncc(C)cc1C. The molecule has 1 rings (SSSR count). The van der Waals surface area contributed by atoms with E-state index < -0.39 is 0 Å². The van der Waals surface area contributed by atoms with Gasteiger partial charge < -0.3 is 5.32 Å². The van der Waals surface area contributed by atoms with Gasteiger partial charge in [-0.2, -0.15) is 0 Å². The zero-order valence-electron chi connectivity index (χ0n) is 9.89. The Bertz CT molecular complexity index is 385. The summed E-state index contributed by atoms with van der Waals surface area (Å²) in [6.45, 7) is 6.02. The lowest BCUT2D eigenvalue weighted by molar-refractivity contribution is 0.590. The number of aromatic nitrogens is 1. The van der Waals surface area contributed by atoms with E-state index in [0.717, 1.165) is 12.1 Å². The number of hydrogen-bond donors (Lipinski definition) is 1. The molecule has 80 valence electrons. The summed E-state index contributed by atoms with van der Waals surface area (Å²) in [5, 5.41) is 3.25. The van der Waals surface area contributed by atoms with Crippen molar-refractivity contribution in [3.05, 3.63) is 29.1 Å². The fourth-order valence-corrected chi connectivity index (χ4v) is 1.63. The predicted molar refractivity (Wildman–Crippen MR) is 63.6 cm³/mol. The van der Waals surface area contributed by atoms with E-state index in [4.69, 9.17) is 0 Å². The quantitative estimate of drug-likeness (QED) is 0.761. The van der Waals surface area contributed by atoms with Gasteiger partial charge in [0, 0.05) is 12.6 Å². The van der Waals surface area contributed by atoms with E-state index in [1.54, 1.807) is 0 Å². The first-order valence-electron chi connectivity index (χ1n) is 5.19. The van der Waals surface area contributed by atoms with Crippen LogP contribution in [-0.4, -0.2) is 12.0 Å². The minimum Gasteiger partial charge on any atom is -0.311 e. The van der Waals surface area contributed by atoms with Crippen LogP contribution >= 0.6 is 0 Å². The maximum Gasteiger partial charge on any atom is 0.0612 e. The molecule has 2 nitrogen and oxygen atoms in total. The van der Waals surface area contributed by atoms with Crippen molar-refractivity contribution in [3.8, 4) is 11.8 Å². The molecule has 0 bridgehead atoms. The van der Waals surface area contributed by atoms with Gasteiger partial charge in [-0.05, 0) is 38.9 Å². The molecular formula is C13H18N2. The minimum atomic E-state index is 0.234. The zero-order chi connectivity index (χ0) is 11.3. The molecule has 2 heteroatoms. The normalized spacial score (nSPS) is 11.7. The largest absolute Gasteiger partial charge is 0.311 e. The number of rotatable bonds is 3. The van der Waals surface area contributed by atoms with Crippen LogP contribution in [0.1, 0.15) is 36.2 Å². The Labute approximate surface area is 92.1 Å². The van der Waals surface area contributed by atoms with Crippen LogP contribution in [0.25, 0.3) is 0 Å². The number of hydrogen-bond acceptors (Lipinski definition) is 2. The molecule has 1 aromatic rings.